The molecule has 1 amide bonds. The molecule has 140 valence electrons. The molecule has 1 aromatic carbocycles. The van der Waals surface area contributed by atoms with Gasteiger partial charge in [-0.3, -0.25) is 14.2 Å². The molecule has 3 aromatic rings. The topological polar surface area (TPSA) is 82.5 Å². The van der Waals surface area contributed by atoms with E-state index >= 15 is 0 Å². The van der Waals surface area contributed by atoms with Gasteiger partial charge in [0, 0.05) is 6.54 Å². The average molecular weight is 385 g/mol. The summed E-state index contributed by atoms with van der Waals surface area (Å²) < 4.78 is 13.1. The van der Waals surface area contributed by atoms with E-state index in [9.17, 15) is 9.59 Å². The van der Waals surface area contributed by atoms with Crippen molar-refractivity contribution in [1.29, 1.82) is 0 Å². The van der Waals surface area contributed by atoms with Crippen molar-refractivity contribution in [3.8, 4) is 11.5 Å². The lowest BCUT2D eigenvalue weighted by atomic mass is 10.2. The zero-order chi connectivity index (χ0) is 19.0. The first kappa shape index (κ1) is 17.5. The second-order valence-corrected chi connectivity index (χ2v) is 7.28. The number of carbonyl (C=O) groups excluding carboxylic acids is 1. The number of amides is 1. The van der Waals surface area contributed by atoms with Gasteiger partial charge in [0.05, 0.1) is 23.1 Å². The van der Waals surface area contributed by atoms with Crippen molar-refractivity contribution in [3.63, 3.8) is 0 Å². The Morgan fingerprint density at radius 2 is 2.15 bits per heavy atom. The number of ether oxygens (including phenoxy) is 2. The molecule has 0 saturated carbocycles. The van der Waals surface area contributed by atoms with Crippen LogP contribution in [0.1, 0.15) is 22.2 Å². The minimum absolute atomic E-state index is 0.115. The number of hydrogen-bond acceptors (Lipinski definition) is 6. The summed E-state index contributed by atoms with van der Waals surface area (Å²) in [4.78, 5) is 30.5. The highest BCUT2D eigenvalue weighted by Gasteiger charge is 2.23. The molecule has 0 aliphatic carbocycles. The Morgan fingerprint density at radius 1 is 1.37 bits per heavy atom. The first-order chi connectivity index (χ1) is 13.1. The Hall–Kier alpha value is -2.87. The molecular formula is C19H19N3O4S. The molecule has 0 fully saturated rings. The highest BCUT2D eigenvalue weighted by atomic mass is 32.1. The lowest BCUT2D eigenvalue weighted by Gasteiger charge is -2.26. The number of aromatic nitrogens is 2. The minimum Gasteiger partial charge on any atom is -0.486 e. The number of thiophene rings is 1. The van der Waals surface area contributed by atoms with E-state index in [0.29, 0.717) is 51.9 Å². The van der Waals surface area contributed by atoms with E-state index in [2.05, 4.69) is 10.3 Å². The second-order valence-electron chi connectivity index (χ2n) is 6.28. The Bertz CT molecular complexity index is 1070. The standard InChI is InChI=1S/C19H19N3O4S/c1-3-22-10-21-18-15(19(22)24)11(2)16(27-18)17(23)20-8-12-9-25-13-6-4-5-7-14(13)26-12/h4-7,10,12H,3,8-9H2,1-2H3,(H,20,23). The SMILES string of the molecule is CCn1cnc2sc(C(=O)NCC3COc4ccccc4O3)c(C)c2c1=O. The normalized spacial score (nSPS) is 15.7. The minimum atomic E-state index is -0.269. The molecule has 0 saturated heterocycles. The van der Waals surface area contributed by atoms with Crippen molar-refractivity contribution in [1.82, 2.24) is 14.9 Å². The Morgan fingerprint density at radius 3 is 2.93 bits per heavy atom. The van der Waals surface area contributed by atoms with Gasteiger partial charge in [-0.1, -0.05) is 12.1 Å². The van der Waals surface area contributed by atoms with E-state index in [4.69, 9.17) is 9.47 Å². The van der Waals surface area contributed by atoms with Crippen LogP contribution in [0.25, 0.3) is 10.2 Å². The van der Waals surface area contributed by atoms with Gasteiger partial charge in [0.25, 0.3) is 11.5 Å². The summed E-state index contributed by atoms with van der Waals surface area (Å²) in [5.74, 6) is 1.14. The molecular weight excluding hydrogens is 366 g/mol. The maximum Gasteiger partial charge on any atom is 0.262 e. The number of hydrogen-bond donors (Lipinski definition) is 1. The van der Waals surface area contributed by atoms with Gasteiger partial charge < -0.3 is 14.8 Å². The summed E-state index contributed by atoms with van der Waals surface area (Å²) in [5, 5.41) is 3.39. The quantitative estimate of drug-likeness (QED) is 0.746. The predicted octanol–water partition coefficient (Wildman–Crippen LogP) is 2.36. The van der Waals surface area contributed by atoms with Crippen molar-refractivity contribution in [2.24, 2.45) is 0 Å². The molecule has 27 heavy (non-hydrogen) atoms. The number of rotatable bonds is 4. The summed E-state index contributed by atoms with van der Waals surface area (Å²) in [6.07, 6.45) is 1.25. The van der Waals surface area contributed by atoms with Crippen molar-refractivity contribution in [2.75, 3.05) is 13.2 Å². The smallest absolute Gasteiger partial charge is 0.262 e. The maximum absolute atomic E-state index is 12.7. The third-order valence-corrected chi connectivity index (χ3v) is 5.72. The van der Waals surface area contributed by atoms with Gasteiger partial charge in [-0.05, 0) is 31.5 Å². The average Bonchev–Trinajstić information content (AvgIpc) is 3.03. The lowest BCUT2D eigenvalue weighted by molar-refractivity contribution is 0.0791. The number of benzene rings is 1. The molecule has 1 aliphatic rings. The summed E-state index contributed by atoms with van der Waals surface area (Å²) in [7, 11) is 0. The van der Waals surface area contributed by atoms with Crippen LogP contribution in [-0.4, -0.2) is 34.7 Å². The van der Waals surface area contributed by atoms with Crippen LogP contribution in [0, 0.1) is 6.92 Å². The van der Waals surface area contributed by atoms with Gasteiger partial charge in [-0.25, -0.2) is 4.98 Å². The number of fused-ring (bicyclic) bond motifs is 2. The molecule has 8 heteroatoms. The maximum atomic E-state index is 12.7. The zero-order valence-corrected chi connectivity index (χ0v) is 15.8. The molecule has 1 atom stereocenters. The van der Waals surface area contributed by atoms with Gasteiger partial charge in [-0.2, -0.15) is 0 Å². The monoisotopic (exact) mass is 385 g/mol. The van der Waals surface area contributed by atoms with E-state index in [-0.39, 0.29) is 17.6 Å². The molecule has 1 aliphatic heterocycles. The Kier molecular flexibility index (Phi) is 4.57. The van der Waals surface area contributed by atoms with Gasteiger partial charge in [0.15, 0.2) is 11.5 Å². The first-order valence-electron chi connectivity index (χ1n) is 8.73. The third kappa shape index (κ3) is 3.16. The first-order valence-corrected chi connectivity index (χ1v) is 9.55. The number of nitrogens with zero attached hydrogens (tertiary/aromatic N) is 2. The summed E-state index contributed by atoms with van der Waals surface area (Å²) in [6.45, 7) is 4.89. The molecule has 3 heterocycles. The molecule has 7 nitrogen and oxygen atoms in total. The van der Waals surface area contributed by atoms with E-state index in [1.165, 1.54) is 22.2 Å². The summed E-state index contributed by atoms with van der Waals surface area (Å²) in [6, 6.07) is 7.44. The van der Waals surface area contributed by atoms with E-state index in [1.807, 2.05) is 31.2 Å². The van der Waals surface area contributed by atoms with Crippen molar-refractivity contribution >= 4 is 27.5 Å². The van der Waals surface area contributed by atoms with Crippen LogP contribution in [0.3, 0.4) is 0 Å². The molecule has 1 unspecified atom stereocenters. The molecule has 4 rings (SSSR count). The van der Waals surface area contributed by atoms with Gasteiger partial charge in [-0.15, -0.1) is 11.3 Å². The molecule has 0 spiro atoms. The number of aryl methyl sites for hydroxylation is 2. The van der Waals surface area contributed by atoms with Crippen LogP contribution in [0.2, 0.25) is 0 Å². The van der Waals surface area contributed by atoms with E-state index in [1.54, 1.807) is 6.92 Å². The van der Waals surface area contributed by atoms with Gasteiger partial charge in [0.1, 0.15) is 17.5 Å². The largest absolute Gasteiger partial charge is 0.486 e. The van der Waals surface area contributed by atoms with Crippen LogP contribution in [0.15, 0.2) is 35.4 Å². The van der Waals surface area contributed by atoms with Crippen LogP contribution in [0.5, 0.6) is 11.5 Å². The lowest BCUT2D eigenvalue weighted by Crippen LogP contribution is -2.40. The fourth-order valence-electron chi connectivity index (χ4n) is 3.05. The molecule has 0 bridgehead atoms. The highest BCUT2D eigenvalue weighted by Crippen LogP contribution is 2.31. The number of para-hydroxylation sites is 2. The van der Waals surface area contributed by atoms with Crippen LogP contribution in [0.4, 0.5) is 0 Å². The highest BCUT2D eigenvalue weighted by molar-refractivity contribution is 7.20. The number of nitrogens with one attached hydrogen (secondary N) is 1. The van der Waals surface area contributed by atoms with E-state index < -0.39 is 0 Å². The Labute approximate surface area is 159 Å². The number of carbonyl (C=O) groups is 1. The van der Waals surface area contributed by atoms with Crippen molar-refractivity contribution in [3.05, 3.63) is 51.4 Å². The van der Waals surface area contributed by atoms with Crippen LogP contribution in [-0.2, 0) is 6.54 Å². The second kappa shape index (κ2) is 7.03. The fourth-order valence-corrected chi connectivity index (χ4v) is 4.11. The third-order valence-electron chi connectivity index (χ3n) is 4.52. The zero-order valence-electron chi connectivity index (χ0n) is 15.0. The summed E-state index contributed by atoms with van der Waals surface area (Å²) >= 11 is 1.23. The Balaban J connectivity index is 1.50. The van der Waals surface area contributed by atoms with Crippen LogP contribution < -0.4 is 20.3 Å². The van der Waals surface area contributed by atoms with Crippen molar-refractivity contribution < 1.29 is 14.3 Å². The molecule has 2 aromatic heterocycles. The molecule has 1 N–H and O–H groups in total. The predicted molar refractivity (Wildman–Crippen MR) is 103 cm³/mol. The van der Waals surface area contributed by atoms with Crippen LogP contribution >= 0.6 is 11.3 Å². The van der Waals surface area contributed by atoms with Gasteiger partial charge in [0.2, 0.25) is 0 Å². The van der Waals surface area contributed by atoms with E-state index in [0.717, 1.165) is 0 Å². The van der Waals surface area contributed by atoms with Gasteiger partial charge >= 0.3 is 0 Å². The van der Waals surface area contributed by atoms with Crippen molar-refractivity contribution in [2.45, 2.75) is 26.5 Å². The molecule has 0 radical (unpaired) electrons. The summed E-state index contributed by atoms with van der Waals surface area (Å²) in [5.41, 5.74) is 0.551. The fraction of sp³-hybridized carbons (Fsp3) is 0.316.